The van der Waals surface area contributed by atoms with Crippen molar-refractivity contribution in [3.05, 3.63) is 107 Å². The van der Waals surface area contributed by atoms with E-state index in [0.29, 0.717) is 23.7 Å². The first-order valence-electron chi connectivity index (χ1n) is 10.6. The molecule has 0 fully saturated rings. The van der Waals surface area contributed by atoms with Crippen molar-refractivity contribution in [3.8, 4) is 5.75 Å². The van der Waals surface area contributed by atoms with Crippen LogP contribution in [0.25, 0.3) is 0 Å². The summed E-state index contributed by atoms with van der Waals surface area (Å²) >= 11 is 0. The minimum atomic E-state index is -0.182. The smallest absolute Gasteiger partial charge is 0.261 e. The lowest BCUT2D eigenvalue weighted by atomic mass is 9.91. The van der Waals surface area contributed by atoms with Gasteiger partial charge < -0.3 is 4.74 Å². The molecule has 0 aliphatic carbocycles. The molecule has 0 bridgehead atoms. The number of benzene rings is 3. The summed E-state index contributed by atoms with van der Waals surface area (Å²) in [5, 5.41) is 4.51. The summed E-state index contributed by atoms with van der Waals surface area (Å²) in [6.07, 6.45) is 2.22. The van der Waals surface area contributed by atoms with E-state index in [1.54, 1.807) is 24.1 Å². The van der Waals surface area contributed by atoms with E-state index in [9.17, 15) is 4.79 Å². The van der Waals surface area contributed by atoms with Gasteiger partial charge in [-0.25, -0.2) is 4.68 Å². The zero-order chi connectivity index (χ0) is 22.1. The lowest BCUT2D eigenvalue weighted by Gasteiger charge is -2.39. The molecule has 32 heavy (non-hydrogen) atoms. The monoisotopic (exact) mass is 424 g/mol. The van der Waals surface area contributed by atoms with E-state index in [-0.39, 0.29) is 18.0 Å². The van der Waals surface area contributed by atoms with Crippen LogP contribution in [-0.2, 0) is 0 Å². The first kappa shape index (κ1) is 20.0. The van der Waals surface area contributed by atoms with Crippen molar-refractivity contribution < 1.29 is 9.53 Å². The van der Waals surface area contributed by atoms with E-state index in [1.165, 1.54) is 11.9 Å². The van der Waals surface area contributed by atoms with Gasteiger partial charge in [-0.2, -0.15) is 10.1 Å². The summed E-state index contributed by atoms with van der Waals surface area (Å²) in [4.78, 5) is 20.1. The second kappa shape index (κ2) is 8.30. The highest BCUT2D eigenvalue weighted by atomic mass is 16.5. The molecule has 6 nitrogen and oxygen atoms in total. The zero-order valence-electron chi connectivity index (χ0n) is 18.1. The molecule has 160 valence electrons. The van der Waals surface area contributed by atoms with Crippen molar-refractivity contribution in [2.75, 3.05) is 12.0 Å². The Morgan fingerprint density at radius 2 is 1.69 bits per heavy atom. The van der Waals surface area contributed by atoms with Gasteiger partial charge in [0.05, 0.1) is 19.2 Å². The highest BCUT2D eigenvalue weighted by Crippen LogP contribution is 2.42. The Kier molecular flexibility index (Phi) is 5.19. The van der Waals surface area contributed by atoms with Crippen molar-refractivity contribution in [2.45, 2.75) is 25.4 Å². The van der Waals surface area contributed by atoms with Gasteiger partial charge in [0.2, 0.25) is 5.95 Å². The highest BCUT2D eigenvalue weighted by Gasteiger charge is 2.39. The minimum absolute atomic E-state index is 0.0207. The summed E-state index contributed by atoms with van der Waals surface area (Å²) in [6, 6.07) is 25.6. The number of anilines is 1. The van der Waals surface area contributed by atoms with Crippen molar-refractivity contribution >= 4 is 11.9 Å². The van der Waals surface area contributed by atoms with Crippen LogP contribution in [0.5, 0.6) is 5.75 Å². The molecule has 2 atom stereocenters. The van der Waals surface area contributed by atoms with Crippen LogP contribution in [0.3, 0.4) is 0 Å². The number of rotatable bonds is 4. The van der Waals surface area contributed by atoms with Gasteiger partial charge in [-0.15, -0.1) is 0 Å². The fourth-order valence-corrected chi connectivity index (χ4v) is 4.35. The number of hydrogen-bond acceptors (Lipinski definition) is 4. The molecule has 1 aliphatic heterocycles. The molecule has 0 radical (unpaired) electrons. The third-order valence-corrected chi connectivity index (χ3v) is 6.01. The van der Waals surface area contributed by atoms with Crippen LogP contribution in [0.15, 0.2) is 85.2 Å². The third kappa shape index (κ3) is 3.54. The average Bonchev–Trinajstić information content (AvgIpc) is 3.33. The number of nitrogens with zero attached hydrogens (tertiary/aromatic N) is 4. The number of methoxy groups -OCH3 is 1. The van der Waals surface area contributed by atoms with Crippen LogP contribution in [0, 0.1) is 6.92 Å². The van der Waals surface area contributed by atoms with Crippen molar-refractivity contribution in [1.29, 1.82) is 0 Å². The molecule has 1 amide bonds. The van der Waals surface area contributed by atoms with Crippen LogP contribution in [0.4, 0.5) is 5.95 Å². The van der Waals surface area contributed by atoms with Crippen LogP contribution < -0.4 is 9.64 Å². The number of carbonyl (C=O) groups excluding carboxylic acids is 1. The molecule has 0 saturated heterocycles. The number of aromatic nitrogens is 3. The highest BCUT2D eigenvalue weighted by molar-refractivity contribution is 6.06. The van der Waals surface area contributed by atoms with Gasteiger partial charge in [-0.3, -0.25) is 9.69 Å². The molecule has 0 N–H and O–H groups in total. The molecule has 1 aliphatic rings. The predicted octanol–water partition coefficient (Wildman–Crippen LogP) is 4.98. The maximum Gasteiger partial charge on any atom is 0.261 e. The van der Waals surface area contributed by atoms with Crippen LogP contribution in [-0.4, -0.2) is 27.8 Å². The first-order chi connectivity index (χ1) is 15.7. The summed E-state index contributed by atoms with van der Waals surface area (Å²) in [7, 11) is 1.60. The van der Waals surface area contributed by atoms with E-state index in [1.807, 2.05) is 35.0 Å². The first-order valence-corrected chi connectivity index (χ1v) is 10.6. The average molecular weight is 425 g/mol. The Labute approximate surface area is 187 Å². The SMILES string of the molecule is COc1cccc(C(=O)N2c3ncnn3[C@H](c3ccc(C)cc3)C[C@H]2c2ccccc2)c1. The van der Waals surface area contributed by atoms with Crippen molar-refractivity contribution in [2.24, 2.45) is 0 Å². The molecule has 6 heteroatoms. The van der Waals surface area contributed by atoms with Crippen LogP contribution in [0.2, 0.25) is 0 Å². The number of aryl methyl sites for hydroxylation is 1. The van der Waals surface area contributed by atoms with Crippen molar-refractivity contribution in [3.63, 3.8) is 0 Å². The number of carbonyl (C=O) groups is 1. The summed E-state index contributed by atoms with van der Waals surface area (Å²) in [6.45, 7) is 2.08. The lowest BCUT2D eigenvalue weighted by molar-refractivity contribution is 0.0963. The largest absolute Gasteiger partial charge is 0.497 e. The van der Waals surface area contributed by atoms with Gasteiger partial charge in [0.1, 0.15) is 12.1 Å². The number of ether oxygens (including phenoxy) is 1. The van der Waals surface area contributed by atoms with Gasteiger partial charge in [0.15, 0.2) is 0 Å². The van der Waals surface area contributed by atoms with Gasteiger partial charge in [0, 0.05) is 5.56 Å². The molecule has 2 heterocycles. The zero-order valence-corrected chi connectivity index (χ0v) is 18.1. The molecule has 5 rings (SSSR count). The second-order valence-corrected chi connectivity index (χ2v) is 8.00. The molecule has 0 spiro atoms. The van der Waals surface area contributed by atoms with Gasteiger partial charge in [-0.1, -0.05) is 66.2 Å². The Bertz CT molecular complexity index is 1230. The second-order valence-electron chi connectivity index (χ2n) is 8.00. The van der Waals surface area contributed by atoms with Crippen LogP contribution >= 0.6 is 0 Å². The molecule has 4 aromatic rings. The molecular weight excluding hydrogens is 400 g/mol. The molecule has 1 aromatic heterocycles. The van der Waals surface area contributed by atoms with Crippen molar-refractivity contribution in [1.82, 2.24) is 14.8 Å². The molecule has 0 unspecified atom stereocenters. The van der Waals surface area contributed by atoms with Gasteiger partial charge >= 0.3 is 0 Å². The van der Waals surface area contributed by atoms with E-state index < -0.39 is 0 Å². The summed E-state index contributed by atoms with van der Waals surface area (Å²) < 4.78 is 7.20. The minimum Gasteiger partial charge on any atom is -0.497 e. The van der Waals surface area contributed by atoms with E-state index in [2.05, 4.69) is 53.4 Å². The summed E-state index contributed by atoms with van der Waals surface area (Å²) in [5.74, 6) is 1.06. The van der Waals surface area contributed by atoms with Gasteiger partial charge in [0.25, 0.3) is 5.91 Å². The van der Waals surface area contributed by atoms with Crippen LogP contribution in [0.1, 0.15) is 45.6 Å². The Morgan fingerprint density at radius 1 is 0.938 bits per heavy atom. The molecule has 3 aromatic carbocycles. The Morgan fingerprint density at radius 3 is 2.44 bits per heavy atom. The number of amides is 1. The quantitative estimate of drug-likeness (QED) is 0.464. The number of hydrogen-bond donors (Lipinski definition) is 0. The fraction of sp³-hybridized carbons (Fsp3) is 0.192. The predicted molar refractivity (Wildman–Crippen MR) is 123 cm³/mol. The maximum absolute atomic E-state index is 13.8. The Balaban J connectivity index is 1.63. The normalized spacial score (nSPS) is 17.6. The third-order valence-electron chi connectivity index (χ3n) is 6.01. The molecule has 0 saturated carbocycles. The fourth-order valence-electron chi connectivity index (χ4n) is 4.35. The number of fused-ring (bicyclic) bond motifs is 1. The van der Waals surface area contributed by atoms with E-state index in [0.717, 1.165) is 11.1 Å². The Hall–Kier alpha value is -3.93. The van der Waals surface area contributed by atoms with Gasteiger partial charge in [-0.05, 0) is 42.7 Å². The summed E-state index contributed by atoms with van der Waals surface area (Å²) in [5.41, 5.74) is 3.97. The molecular formula is C26H24N4O2. The lowest BCUT2D eigenvalue weighted by Crippen LogP contribution is -2.42. The standard InChI is InChI=1S/C26H24N4O2/c1-18-11-13-20(14-12-18)24-16-23(19-7-4-3-5-8-19)29(26-27-17-28-30(24)26)25(31)21-9-6-10-22(15-21)32-2/h3-15,17,23-24H,16H2,1-2H3/t23-,24-/m0/s1. The van der Waals surface area contributed by atoms with E-state index in [4.69, 9.17) is 4.74 Å². The maximum atomic E-state index is 13.8. The van der Waals surface area contributed by atoms with E-state index >= 15 is 0 Å². The topological polar surface area (TPSA) is 60.2 Å².